The zero-order valence-corrected chi connectivity index (χ0v) is 20.7. The third-order valence-corrected chi connectivity index (χ3v) is 7.97. The predicted octanol–water partition coefficient (Wildman–Crippen LogP) is 3.45. The SMILES string of the molecule is COCCCN1C(=O)c2ccc(C(=O)N3CCN([C@@H](C)c4nc5ccccc5s4)CC3)cc2C1=O. The number of amides is 3. The van der Waals surface area contributed by atoms with Gasteiger partial charge in [0.1, 0.15) is 5.01 Å². The second-order valence-corrected chi connectivity index (χ2v) is 9.95. The molecule has 35 heavy (non-hydrogen) atoms. The van der Waals surface area contributed by atoms with E-state index in [9.17, 15) is 14.4 Å². The number of thiazole rings is 1. The number of hydrogen-bond donors (Lipinski definition) is 0. The number of carbonyl (C=O) groups is 3. The lowest BCUT2D eigenvalue weighted by Crippen LogP contribution is -2.49. The van der Waals surface area contributed by atoms with E-state index in [1.165, 1.54) is 9.60 Å². The van der Waals surface area contributed by atoms with Crippen molar-refractivity contribution in [2.75, 3.05) is 46.4 Å². The zero-order chi connectivity index (χ0) is 24.5. The van der Waals surface area contributed by atoms with Crippen molar-refractivity contribution in [3.8, 4) is 0 Å². The fourth-order valence-corrected chi connectivity index (χ4v) is 5.77. The number of hydrogen-bond acceptors (Lipinski definition) is 7. The van der Waals surface area contributed by atoms with Gasteiger partial charge in [-0.3, -0.25) is 24.2 Å². The van der Waals surface area contributed by atoms with E-state index in [-0.39, 0.29) is 23.8 Å². The van der Waals surface area contributed by atoms with Crippen molar-refractivity contribution < 1.29 is 19.1 Å². The molecule has 1 saturated heterocycles. The molecule has 1 atom stereocenters. The van der Waals surface area contributed by atoms with E-state index in [1.807, 2.05) is 23.1 Å². The van der Waals surface area contributed by atoms with Crippen LogP contribution in [-0.2, 0) is 4.74 Å². The van der Waals surface area contributed by atoms with Crippen LogP contribution in [0, 0.1) is 0 Å². The smallest absolute Gasteiger partial charge is 0.261 e. The minimum atomic E-state index is -0.342. The average molecular weight is 493 g/mol. The molecule has 0 saturated carbocycles. The lowest BCUT2D eigenvalue weighted by atomic mass is 10.0. The van der Waals surface area contributed by atoms with Crippen molar-refractivity contribution in [3.63, 3.8) is 0 Å². The first-order valence-corrected chi connectivity index (χ1v) is 12.7. The first kappa shape index (κ1) is 23.6. The highest BCUT2D eigenvalue weighted by atomic mass is 32.1. The van der Waals surface area contributed by atoms with Crippen LogP contribution in [0.3, 0.4) is 0 Å². The van der Waals surface area contributed by atoms with Crippen LogP contribution in [0.25, 0.3) is 10.2 Å². The Hall–Kier alpha value is -3.14. The fourth-order valence-electron chi connectivity index (χ4n) is 4.71. The summed E-state index contributed by atoms with van der Waals surface area (Å²) in [6.45, 7) is 5.63. The maximum absolute atomic E-state index is 13.2. The molecule has 0 radical (unpaired) electrons. The Morgan fingerprint density at radius 2 is 1.80 bits per heavy atom. The molecule has 0 unspecified atom stereocenters. The lowest BCUT2D eigenvalue weighted by molar-refractivity contribution is 0.0581. The number of nitrogens with zero attached hydrogens (tertiary/aromatic N) is 4. The van der Waals surface area contributed by atoms with E-state index < -0.39 is 0 Å². The van der Waals surface area contributed by atoms with Gasteiger partial charge in [0.2, 0.25) is 0 Å². The molecule has 1 aromatic heterocycles. The zero-order valence-electron chi connectivity index (χ0n) is 19.9. The first-order chi connectivity index (χ1) is 17.0. The van der Waals surface area contributed by atoms with Gasteiger partial charge in [0.05, 0.1) is 27.4 Å². The van der Waals surface area contributed by atoms with Crippen molar-refractivity contribution in [3.05, 3.63) is 64.2 Å². The maximum Gasteiger partial charge on any atom is 0.261 e. The van der Waals surface area contributed by atoms with Gasteiger partial charge in [-0.25, -0.2) is 4.98 Å². The van der Waals surface area contributed by atoms with Crippen molar-refractivity contribution in [2.24, 2.45) is 0 Å². The van der Waals surface area contributed by atoms with Crippen LogP contribution in [0.4, 0.5) is 0 Å². The first-order valence-electron chi connectivity index (χ1n) is 11.9. The standard InChI is InChI=1S/C26H28N4O4S/c1-17(23-27-21-6-3-4-7-22(21)35-23)28-11-13-29(14-12-28)24(31)18-8-9-19-20(16-18)26(33)30(25(19)32)10-5-15-34-2/h3-4,6-9,16-17H,5,10-15H2,1-2H3/t17-/m0/s1. The monoisotopic (exact) mass is 492 g/mol. The molecule has 3 amide bonds. The average Bonchev–Trinajstić information content (AvgIpc) is 3.43. The number of para-hydroxylation sites is 1. The number of benzene rings is 2. The number of fused-ring (bicyclic) bond motifs is 2. The van der Waals surface area contributed by atoms with Gasteiger partial charge in [-0.05, 0) is 43.7 Å². The number of piperazine rings is 1. The van der Waals surface area contributed by atoms with Gasteiger partial charge < -0.3 is 9.64 Å². The van der Waals surface area contributed by atoms with Crippen LogP contribution < -0.4 is 0 Å². The Morgan fingerprint density at radius 1 is 1.06 bits per heavy atom. The Bertz CT molecular complexity index is 1250. The largest absolute Gasteiger partial charge is 0.385 e. The highest BCUT2D eigenvalue weighted by Gasteiger charge is 2.36. The molecule has 1 fully saturated rings. The molecule has 0 N–H and O–H groups in total. The fraction of sp³-hybridized carbons (Fsp3) is 0.385. The summed E-state index contributed by atoms with van der Waals surface area (Å²) in [5, 5.41) is 1.09. The molecule has 0 bridgehead atoms. The summed E-state index contributed by atoms with van der Waals surface area (Å²) in [4.78, 5) is 48.8. The van der Waals surface area contributed by atoms with Crippen molar-refractivity contribution in [1.82, 2.24) is 19.7 Å². The van der Waals surface area contributed by atoms with Gasteiger partial charge in [0.15, 0.2) is 0 Å². The minimum Gasteiger partial charge on any atom is -0.385 e. The molecule has 3 aromatic rings. The molecule has 2 aliphatic rings. The Labute approximate surface area is 208 Å². The van der Waals surface area contributed by atoms with E-state index in [0.29, 0.717) is 49.4 Å². The Kier molecular flexibility index (Phi) is 6.64. The molecule has 0 aliphatic carbocycles. The third kappa shape index (κ3) is 4.47. The number of carbonyl (C=O) groups excluding carboxylic acids is 3. The summed E-state index contributed by atoms with van der Waals surface area (Å²) in [6, 6.07) is 13.2. The number of methoxy groups -OCH3 is 1. The Balaban J connectivity index is 1.23. The van der Waals surface area contributed by atoms with E-state index in [2.05, 4.69) is 17.9 Å². The van der Waals surface area contributed by atoms with Crippen LogP contribution >= 0.6 is 11.3 Å². The summed E-state index contributed by atoms with van der Waals surface area (Å²) >= 11 is 1.72. The molecule has 2 aliphatic heterocycles. The van der Waals surface area contributed by atoms with Crippen molar-refractivity contribution in [1.29, 1.82) is 0 Å². The number of imide groups is 1. The van der Waals surface area contributed by atoms with E-state index in [1.54, 1.807) is 36.6 Å². The molecule has 2 aromatic carbocycles. The van der Waals surface area contributed by atoms with Crippen LogP contribution in [0.2, 0.25) is 0 Å². The summed E-state index contributed by atoms with van der Waals surface area (Å²) in [5.41, 5.74) is 2.13. The molecule has 9 heteroatoms. The molecule has 3 heterocycles. The molecule has 8 nitrogen and oxygen atoms in total. The molecular formula is C26H28N4O4S. The van der Waals surface area contributed by atoms with E-state index in [4.69, 9.17) is 9.72 Å². The van der Waals surface area contributed by atoms with Gasteiger partial charge in [0.25, 0.3) is 17.7 Å². The third-order valence-electron chi connectivity index (χ3n) is 6.76. The van der Waals surface area contributed by atoms with Crippen LogP contribution in [0.5, 0.6) is 0 Å². The Morgan fingerprint density at radius 3 is 2.54 bits per heavy atom. The van der Waals surface area contributed by atoms with Crippen LogP contribution in [-0.4, -0.2) is 83.8 Å². The van der Waals surface area contributed by atoms with Gasteiger partial charge in [-0.2, -0.15) is 0 Å². The minimum absolute atomic E-state index is 0.113. The second kappa shape index (κ2) is 9.85. The van der Waals surface area contributed by atoms with Crippen molar-refractivity contribution in [2.45, 2.75) is 19.4 Å². The van der Waals surface area contributed by atoms with E-state index in [0.717, 1.165) is 23.6 Å². The quantitative estimate of drug-likeness (QED) is 0.371. The lowest BCUT2D eigenvalue weighted by Gasteiger charge is -2.37. The number of rotatable bonds is 7. The normalized spacial score (nSPS) is 17.3. The van der Waals surface area contributed by atoms with Gasteiger partial charge in [-0.1, -0.05) is 12.1 Å². The number of ether oxygens (including phenoxy) is 1. The summed E-state index contributed by atoms with van der Waals surface area (Å²) in [6.07, 6.45) is 0.577. The highest BCUT2D eigenvalue weighted by Crippen LogP contribution is 2.30. The van der Waals surface area contributed by atoms with Crippen molar-refractivity contribution >= 4 is 39.3 Å². The summed E-state index contributed by atoms with van der Waals surface area (Å²) in [5.74, 6) is -0.763. The van der Waals surface area contributed by atoms with Gasteiger partial charge in [-0.15, -0.1) is 11.3 Å². The van der Waals surface area contributed by atoms with Gasteiger partial charge in [0, 0.05) is 52.0 Å². The molecule has 182 valence electrons. The maximum atomic E-state index is 13.2. The predicted molar refractivity (Wildman–Crippen MR) is 134 cm³/mol. The number of aromatic nitrogens is 1. The van der Waals surface area contributed by atoms with Crippen LogP contribution in [0.1, 0.15) is 55.5 Å². The summed E-state index contributed by atoms with van der Waals surface area (Å²) in [7, 11) is 1.58. The second-order valence-electron chi connectivity index (χ2n) is 8.89. The molecular weight excluding hydrogens is 464 g/mol. The topological polar surface area (TPSA) is 83.1 Å². The molecule has 5 rings (SSSR count). The van der Waals surface area contributed by atoms with E-state index >= 15 is 0 Å². The van der Waals surface area contributed by atoms with Gasteiger partial charge >= 0.3 is 0 Å². The van der Waals surface area contributed by atoms with Crippen LogP contribution in [0.15, 0.2) is 42.5 Å². The molecule has 0 spiro atoms. The summed E-state index contributed by atoms with van der Waals surface area (Å²) < 4.78 is 6.21. The highest BCUT2D eigenvalue weighted by molar-refractivity contribution is 7.18.